The highest BCUT2D eigenvalue weighted by atomic mass is 14.5. The summed E-state index contributed by atoms with van der Waals surface area (Å²) in [5.74, 6) is -0.107. The second kappa shape index (κ2) is 9.24. The molecule has 0 aliphatic heterocycles. The quantitative estimate of drug-likeness (QED) is 0.386. The normalized spacial score (nSPS) is 18.6. The van der Waals surface area contributed by atoms with Crippen LogP contribution in [-0.2, 0) is 0 Å². The Labute approximate surface area is 152 Å². The van der Waals surface area contributed by atoms with E-state index < -0.39 is 5.41 Å². The molecule has 0 saturated heterocycles. The van der Waals surface area contributed by atoms with E-state index >= 15 is 0 Å². The molecule has 1 atom stereocenters. The van der Waals surface area contributed by atoms with Crippen LogP contribution in [0.1, 0.15) is 69.8 Å². The first-order chi connectivity index (χ1) is 12.2. The molecular formula is C23H28N2. The first-order valence-electron chi connectivity index (χ1n) is 9.41. The van der Waals surface area contributed by atoms with Gasteiger partial charge in [0.2, 0.25) is 0 Å². The average molecular weight is 332 g/mol. The summed E-state index contributed by atoms with van der Waals surface area (Å²) in [4.78, 5) is 0. The molecule has 0 spiro atoms. The predicted molar refractivity (Wildman–Crippen MR) is 103 cm³/mol. The summed E-state index contributed by atoms with van der Waals surface area (Å²) in [5, 5.41) is 19.7. The molecule has 25 heavy (non-hydrogen) atoms. The van der Waals surface area contributed by atoms with Gasteiger partial charge in [-0.25, -0.2) is 0 Å². The highest BCUT2D eigenvalue weighted by molar-refractivity contribution is 5.47. The predicted octanol–water partition coefficient (Wildman–Crippen LogP) is 6.44. The lowest BCUT2D eigenvalue weighted by Crippen LogP contribution is -2.22. The van der Waals surface area contributed by atoms with Crippen molar-refractivity contribution in [3.63, 3.8) is 0 Å². The van der Waals surface area contributed by atoms with Gasteiger partial charge in [-0.3, -0.25) is 0 Å². The van der Waals surface area contributed by atoms with E-state index in [4.69, 9.17) is 0 Å². The van der Waals surface area contributed by atoms with Crippen molar-refractivity contribution in [2.24, 2.45) is 5.41 Å². The van der Waals surface area contributed by atoms with Crippen LogP contribution in [0.25, 0.3) is 0 Å². The van der Waals surface area contributed by atoms with Crippen LogP contribution in [0.3, 0.4) is 0 Å². The van der Waals surface area contributed by atoms with E-state index in [0.717, 1.165) is 24.8 Å². The molecule has 1 aliphatic carbocycles. The largest absolute Gasteiger partial charge is 0.197 e. The molecule has 1 aromatic rings. The summed E-state index contributed by atoms with van der Waals surface area (Å²) in [6.07, 6.45) is 10.3. The Bertz CT molecular complexity index is 671. The van der Waals surface area contributed by atoms with E-state index in [1.807, 2.05) is 24.3 Å². The molecule has 0 bridgehead atoms. The minimum absolute atomic E-state index is 0.107. The van der Waals surface area contributed by atoms with Crippen molar-refractivity contribution in [1.29, 1.82) is 10.5 Å². The minimum atomic E-state index is -0.974. The number of rotatable bonds is 9. The molecule has 2 rings (SSSR count). The third kappa shape index (κ3) is 4.21. The second-order valence-electron chi connectivity index (χ2n) is 7.00. The molecule has 1 aromatic carbocycles. The third-order valence-corrected chi connectivity index (χ3v) is 5.26. The molecule has 2 nitrogen and oxygen atoms in total. The van der Waals surface area contributed by atoms with Crippen LogP contribution < -0.4 is 0 Å². The fourth-order valence-electron chi connectivity index (χ4n) is 4.04. The van der Waals surface area contributed by atoms with Crippen LogP contribution in [0.15, 0.2) is 54.1 Å². The van der Waals surface area contributed by atoms with Crippen molar-refractivity contribution >= 4 is 0 Å². The van der Waals surface area contributed by atoms with Gasteiger partial charge < -0.3 is 0 Å². The molecule has 1 unspecified atom stereocenters. The summed E-state index contributed by atoms with van der Waals surface area (Å²) in [7, 11) is 0. The Morgan fingerprint density at radius 1 is 1.12 bits per heavy atom. The number of nitrogens with zero attached hydrogens (tertiary/aromatic N) is 2. The molecule has 0 saturated carbocycles. The van der Waals surface area contributed by atoms with Gasteiger partial charge in [0.05, 0.1) is 12.1 Å². The number of unbranched alkanes of at least 4 members (excludes halogenated alkanes) is 4. The van der Waals surface area contributed by atoms with E-state index in [9.17, 15) is 10.5 Å². The van der Waals surface area contributed by atoms with Crippen molar-refractivity contribution in [1.82, 2.24) is 0 Å². The van der Waals surface area contributed by atoms with Gasteiger partial charge in [-0.15, -0.1) is 6.58 Å². The average Bonchev–Trinajstić information content (AvgIpc) is 2.96. The fourth-order valence-corrected chi connectivity index (χ4v) is 4.04. The maximum absolute atomic E-state index is 9.87. The lowest BCUT2D eigenvalue weighted by atomic mass is 9.73. The van der Waals surface area contributed by atoms with Crippen molar-refractivity contribution in [2.45, 2.75) is 64.2 Å². The molecule has 0 fully saturated rings. The van der Waals surface area contributed by atoms with Crippen molar-refractivity contribution in [3.8, 4) is 12.1 Å². The van der Waals surface area contributed by atoms with Crippen molar-refractivity contribution < 1.29 is 0 Å². The SMILES string of the molecule is C=CCC1=C(CCCCCCC)C(c2ccccc2)C(C#N)(C#N)C1. The molecule has 130 valence electrons. The van der Waals surface area contributed by atoms with E-state index in [0.29, 0.717) is 6.42 Å². The smallest absolute Gasteiger partial charge is 0.158 e. The summed E-state index contributed by atoms with van der Waals surface area (Å²) in [6.45, 7) is 6.10. The van der Waals surface area contributed by atoms with Crippen LogP contribution in [-0.4, -0.2) is 0 Å². The molecule has 0 heterocycles. The lowest BCUT2D eigenvalue weighted by Gasteiger charge is -2.25. The molecular weight excluding hydrogens is 304 g/mol. The fraction of sp³-hybridized carbons (Fsp3) is 0.478. The monoisotopic (exact) mass is 332 g/mol. The van der Waals surface area contributed by atoms with Gasteiger partial charge in [0.1, 0.15) is 0 Å². The highest BCUT2D eigenvalue weighted by Gasteiger charge is 2.48. The molecule has 0 amide bonds. The van der Waals surface area contributed by atoms with Gasteiger partial charge in [-0.1, -0.05) is 80.2 Å². The number of hydrogen-bond acceptors (Lipinski definition) is 2. The number of benzene rings is 1. The summed E-state index contributed by atoms with van der Waals surface area (Å²) in [6, 6.07) is 14.8. The Balaban J connectivity index is 2.33. The summed E-state index contributed by atoms with van der Waals surface area (Å²) >= 11 is 0. The zero-order valence-corrected chi connectivity index (χ0v) is 15.3. The molecule has 1 aliphatic rings. The van der Waals surface area contributed by atoms with Crippen LogP contribution in [0.5, 0.6) is 0 Å². The van der Waals surface area contributed by atoms with Crippen molar-refractivity contribution in [2.75, 3.05) is 0 Å². The van der Waals surface area contributed by atoms with Crippen LogP contribution in [0, 0.1) is 28.1 Å². The van der Waals surface area contributed by atoms with Crippen molar-refractivity contribution in [3.05, 3.63) is 59.7 Å². The number of allylic oxidation sites excluding steroid dienone is 3. The first-order valence-corrected chi connectivity index (χ1v) is 9.41. The number of hydrogen-bond donors (Lipinski definition) is 0. The molecule has 0 N–H and O–H groups in total. The maximum atomic E-state index is 9.87. The highest BCUT2D eigenvalue weighted by Crippen LogP contribution is 2.54. The summed E-state index contributed by atoms with van der Waals surface area (Å²) < 4.78 is 0. The van der Waals surface area contributed by atoms with E-state index in [2.05, 4.69) is 37.8 Å². The topological polar surface area (TPSA) is 47.6 Å². The van der Waals surface area contributed by atoms with Gasteiger partial charge in [-0.05, 0) is 24.8 Å². The second-order valence-corrected chi connectivity index (χ2v) is 7.00. The Morgan fingerprint density at radius 2 is 1.80 bits per heavy atom. The van der Waals surface area contributed by atoms with Crippen LogP contribution >= 0.6 is 0 Å². The van der Waals surface area contributed by atoms with Gasteiger partial charge in [0, 0.05) is 12.3 Å². The zero-order chi connectivity index (χ0) is 18.1. The standard InChI is InChI=1S/C23H28N2/c1-3-5-6-7-11-15-21-20(12-4-2)16-23(17-24,18-25)22(21)19-13-9-8-10-14-19/h4,8-10,13-14,22H,2-3,5-7,11-12,15-16H2,1H3. The van der Waals surface area contributed by atoms with E-state index in [1.54, 1.807) is 0 Å². The minimum Gasteiger partial charge on any atom is -0.197 e. The first kappa shape index (κ1) is 19.0. The molecule has 0 radical (unpaired) electrons. The van der Waals surface area contributed by atoms with Crippen LogP contribution in [0.4, 0.5) is 0 Å². The zero-order valence-electron chi connectivity index (χ0n) is 15.3. The molecule has 2 heteroatoms. The Hall–Kier alpha value is -2.32. The maximum Gasteiger partial charge on any atom is 0.158 e. The van der Waals surface area contributed by atoms with E-state index in [1.165, 1.54) is 36.8 Å². The van der Waals surface area contributed by atoms with Gasteiger partial charge in [0.25, 0.3) is 0 Å². The summed E-state index contributed by atoms with van der Waals surface area (Å²) in [5.41, 5.74) is 2.68. The molecule has 0 aromatic heterocycles. The van der Waals surface area contributed by atoms with E-state index in [-0.39, 0.29) is 5.92 Å². The Kier molecular flexibility index (Phi) is 7.03. The van der Waals surface area contributed by atoms with Gasteiger partial charge >= 0.3 is 0 Å². The Morgan fingerprint density at radius 3 is 2.40 bits per heavy atom. The lowest BCUT2D eigenvalue weighted by molar-refractivity contribution is 0.476. The van der Waals surface area contributed by atoms with Gasteiger partial charge in [0.15, 0.2) is 5.41 Å². The third-order valence-electron chi connectivity index (χ3n) is 5.26. The number of nitriles is 2. The van der Waals surface area contributed by atoms with Gasteiger partial charge in [-0.2, -0.15) is 10.5 Å². The van der Waals surface area contributed by atoms with Crippen LogP contribution in [0.2, 0.25) is 0 Å².